The predicted molar refractivity (Wildman–Crippen MR) is 45.9 cm³/mol. The molecular formula is C8H16N2O2. The second kappa shape index (κ2) is 2.94. The summed E-state index contributed by atoms with van der Waals surface area (Å²) < 4.78 is 0. The van der Waals surface area contributed by atoms with Crippen molar-refractivity contribution in [2.24, 2.45) is 0 Å². The van der Waals surface area contributed by atoms with E-state index in [1.807, 2.05) is 6.92 Å². The van der Waals surface area contributed by atoms with Crippen molar-refractivity contribution in [2.45, 2.75) is 19.4 Å². The van der Waals surface area contributed by atoms with Crippen LogP contribution in [0.15, 0.2) is 0 Å². The summed E-state index contributed by atoms with van der Waals surface area (Å²) >= 11 is 0. The van der Waals surface area contributed by atoms with E-state index in [1.54, 1.807) is 23.8 Å². The van der Waals surface area contributed by atoms with E-state index < -0.39 is 5.60 Å². The molecule has 1 heterocycles. The van der Waals surface area contributed by atoms with Crippen molar-refractivity contribution >= 4 is 6.03 Å². The SMILES string of the molecule is CCN(C)C(=O)N1CC(C)(O)C1. The highest BCUT2D eigenvalue weighted by atomic mass is 16.3. The van der Waals surface area contributed by atoms with Gasteiger partial charge < -0.3 is 14.9 Å². The van der Waals surface area contributed by atoms with Crippen LogP contribution in [-0.4, -0.2) is 53.2 Å². The Morgan fingerprint density at radius 1 is 1.67 bits per heavy atom. The Labute approximate surface area is 72.8 Å². The van der Waals surface area contributed by atoms with E-state index >= 15 is 0 Å². The zero-order chi connectivity index (χ0) is 9.35. The standard InChI is InChI=1S/C8H16N2O2/c1-4-9(3)7(11)10-5-8(2,12)6-10/h12H,4-6H2,1-3H3. The summed E-state index contributed by atoms with van der Waals surface area (Å²) in [5.74, 6) is 0. The number of nitrogens with zero attached hydrogens (tertiary/aromatic N) is 2. The summed E-state index contributed by atoms with van der Waals surface area (Å²) in [5, 5.41) is 9.37. The van der Waals surface area contributed by atoms with Crippen LogP contribution in [-0.2, 0) is 0 Å². The van der Waals surface area contributed by atoms with Gasteiger partial charge in [-0.2, -0.15) is 0 Å². The Morgan fingerprint density at radius 2 is 2.17 bits per heavy atom. The van der Waals surface area contributed by atoms with E-state index in [0.29, 0.717) is 19.6 Å². The third-order valence-electron chi connectivity index (χ3n) is 2.13. The average Bonchev–Trinajstić information content (AvgIpc) is 1.97. The number of amides is 2. The number of aliphatic hydroxyl groups is 1. The predicted octanol–water partition coefficient (Wildman–Crippen LogP) is 0.125. The van der Waals surface area contributed by atoms with Gasteiger partial charge in [-0.3, -0.25) is 0 Å². The first-order valence-electron chi connectivity index (χ1n) is 4.19. The normalized spacial score (nSPS) is 20.2. The lowest BCUT2D eigenvalue weighted by atomic mass is 9.98. The van der Waals surface area contributed by atoms with Gasteiger partial charge in [0, 0.05) is 13.6 Å². The molecule has 1 rings (SSSR count). The molecule has 4 nitrogen and oxygen atoms in total. The summed E-state index contributed by atoms with van der Waals surface area (Å²) in [6.45, 7) is 5.28. The Balaban J connectivity index is 2.38. The highest BCUT2D eigenvalue weighted by Crippen LogP contribution is 2.20. The van der Waals surface area contributed by atoms with Crippen molar-refractivity contribution in [3.8, 4) is 0 Å². The Bertz CT molecular complexity index is 183. The molecule has 1 aliphatic heterocycles. The van der Waals surface area contributed by atoms with Crippen LogP contribution in [0.2, 0.25) is 0 Å². The quantitative estimate of drug-likeness (QED) is 0.610. The minimum absolute atomic E-state index is 0.00373. The molecule has 70 valence electrons. The fourth-order valence-electron chi connectivity index (χ4n) is 1.29. The Kier molecular flexibility index (Phi) is 2.28. The molecule has 0 aromatic rings. The number of carbonyl (C=O) groups excluding carboxylic acids is 1. The summed E-state index contributed by atoms with van der Waals surface area (Å²) in [5.41, 5.74) is -0.662. The van der Waals surface area contributed by atoms with Crippen molar-refractivity contribution in [2.75, 3.05) is 26.7 Å². The zero-order valence-electron chi connectivity index (χ0n) is 7.87. The molecular weight excluding hydrogens is 156 g/mol. The van der Waals surface area contributed by atoms with Gasteiger partial charge in [-0.25, -0.2) is 4.79 Å². The minimum Gasteiger partial charge on any atom is -0.386 e. The number of urea groups is 1. The second-order valence-electron chi connectivity index (χ2n) is 3.65. The molecule has 1 fully saturated rings. The first-order chi connectivity index (χ1) is 5.46. The maximum absolute atomic E-state index is 11.4. The van der Waals surface area contributed by atoms with Crippen LogP contribution < -0.4 is 0 Å². The summed E-state index contributed by atoms with van der Waals surface area (Å²) in [6.07, 6.45) is 0. The Hall–Kier alpha value is -0.770. The van der Waals surface area contributed by atoms with Gasteiger partial charge in [0.2, 0.25) is 0 Å². The van der Waals surface area contributed by atoms with Gasteiger partial charge >= 0.3 is 6.03 Å². The molecule has 0 aliphatic carbocycles. The minimum atomic E-state index is -0.662. The van der Waals surface area contributed by atoms with Gasteiger partial charge in [0.15, 0.2) is 0 Å². The molecule has 0 unspecified atom stereocenters. The van der Waals surface area contributed by atoms with Gasteiger partial charge in [-0.05, 0) is 13.8 Å². The third kappa shape index (κ3) is 1.69. The molecule has 0 saturated carbocycles. The Morgan fingerprint density at radius 3 is 2.50 bits per heavy atom. The lowest BCUT2D eigenvalue weighted by molar-refractivity contribution is -0.0654. The van der Waals surface area contributed by atoms with Crippen LogP contribution in [0.25, 0.3) is 0 Å². The monoisotopic (exact) mass is 172 g/mol. The molecule has 2 amide bonds. The molecule has 1 N–H and O–H groups in total. The van der Waals surface area contributed by atoms with Gasteiger partial charge in [-0.15, -0.1) is 0 Å². The number of hydrogen-bond donors (Lipinski definition) is 1. The van der Waals surface area contributed by atoms with E-state index in [2.05, 4.69) is 0 Å². The molecule has 0 aromatic carbocycles. The summed E-state index contributed by atoms with van der Waals surface area (Å²) in [7, 11) is 1.76. The highest BCUT2D eigenvalue weighted by molar-refractivity contribution is 5.75. The van der Waals surface area contributed by atoms with Crippen LogP contribution in [0.1, 0.15) is 13.8 Å². The molecule has 0 aromatic heterocycles. The van der Waals surface area contributed by atoms with Crippen LogP contribution in [0, 0.1) is 0 Å². The maximum Gasteiger partial charge on any atom is 0.319 e. The first kappa shape index (κ1) is 9.32. The van der Waals surface area contributed by atoms with Gasteiger partial charge in [0.1, 0.15) is 0 Å². The van der Waals surface area contributed by atoms with Crippen LogP contribution in [0.4, 0.5) is 4.79 Å². The van der Waals surface area contributed by atoms with E-state index in [-0.39, 0.29) is 6.03 Å². The summed E-state index contributed by atoms with van der Waals surface area (Å²) in [4.78, 5) is 14.7. The van der Waals surface area contributed by atoms with E-state index in [4.69, 9.17) is 0 Å². The van der Waals surface area contributed by atoms with Crippen molar-refractivity contribution in [3.63, 3.8) is 0 Å². The lowest BCUT2D eigenvalue weighted by Crippen LogP contribution is -2.63. The fourth-order valence-corrected chi connectivity index (χ4v) is 1.29. The first-order valence-corrected chi connectivity index (χ1v) is 4.19. The lowest BCUT2D eigenvalue weighted by Gasteiger charge is -2.45. The van der Waals surface area contributed by atoms with E-state index in [1.165, 1.54) is 0 Å². The van der Waals surface area contributed by atoms with E-state index in [0.717, 1.165) is 0 Å². The van der Waals surface area contributed by atoms with Gasteiger partial charge in [-0.1, -0.05) is 0 Å². The van der Waals surface area contributed by atoms with Gasteiger partial charge in [0.05, 0.1) is 18.7 Å². The molecule has 0 radical (unpaired) electrons. The molecule has 12 heavy (non-hydrogen) atoms. The number of hydrogen-bond acceptors (Lipinski definition) is 2. The smallest absolute Gasteiger partial charge is 0.319 e. The van der Waals surface area contributed by atoms with Crippen molar-refractivity contribution in [1.82, 2.24) is 9.80 Å². The van der Waals surface area contributed by atoms with Crippen molar-refractivity contribution in [1.29, 1.82) is 0 Å². The average molecular weight is 172 g/mol. The fraction of sp³-hybridized carbons (Fsp3) is 0.875. The molecule has 0 spiro atoms. The topological polar surface area (TPSA) is 43.8 Å². The molecule has 4 heteroatoms. The number of carbonyl (C=O) groups is 1. The van der Waals surface area contributed by atoms with Crippen LogP contribution in [0.3, 0.4) is 0 Å². The number of β-amino-alcohol motifs (C(OH)–C–C–N with tert-alkyl or cyclic N) is 1. The molecule has 1 aliphatic rings. The van der Waals surface area contributed by atoms with Gasteiger partial charge in [0.25, 0.3) is 0 Å². The van der Waals surface area contributed by atoms with Crippen molar-refractivity contribution in [3.05, 3.63) is 0 Å². The number of rotatable bonds is 1. The molecule has 0 atom stereocenters. The second-order valence-corrected chi connectivity index (χ2v) is 3.65. The van der Waals surface area contributed by atoms with Crippen LogP contribution in [0.5, 0.6) is 0 Å². The third-order valence-corrected chi connectivity index (χ3v) is 2.13. The molecule has 1 saturated heterocycles. The zero-order valence-corrected chi connectivity index (χ0v) is 7.87. The highest BCUT2D eigenvalue weighted by Gasteiger charge is 2.40. The summed E-state index contributed by atoms with van der Waals surface area (Å²) in [6, 6.07) is 0.00373. The molecule has 0 bridgehead atoms. The number of likely N-dealkylation sites (tertiary alicyclic amines) is 1. The van der Waals surface area contributed by atoms with Crippen molar-refractivity contribution < 1.29 is 9.90 Å². The maximum atomic E-state index is 11.4. The largest absolute Gasteiger partial charge is 0.386 e. The van der Waals surface area contributed by atoms with Crippen LogP contribution >= 0.6 is 0 Å². The van der Waals surface area contributed by atoms with E-state index in [9.17, 15) is 9.90 Å².